The molecule has 0 bridgehead atoms. The fourth-order valence-corrected chi connectivity index (χ4v) is 4.71. The van der Waals surface area contributed by atoms with E-state index in [1.807, 2.05) is 6.92 Å². The second kappa shape index (κ2) is 8.75. The molecule has 0 saturated carbocycles. The van der Waals surface area contributed by atoms with Crippen LogP contribution in [0.25, 0.3) is 0 Å². The third-order valence-corrected chi connectivity index (χ3v) is 11.8. The van der Waals surface area contributed by atoms with Crippen molar-refractivity contribution in [3.05, 3.63) is 24.0 Å². The average molecular weight is 457 g/mol. The molecular weight excluding hydrogens is 421 g/mol. The molecule has 0 amide bonds. The van der Waals surface area contributed by atoms with Gasteiger partial charge in [-0.2, -0.15) is 21.6 Å². The Morgan fingerprint density at radius 2 is 1.86 bits per heavy atom. The fourth-order valence-electron chi connectivity index (χ4n) is 3.06. The SMILES string of the molecule is C=C(C)[C@]1(CCCO[Si](C)(C)C(C)(C)C)C=C(OS(=O)(=O)C(F)(F)F)[C@H](C)CC1. The Bertz CT molecular complexity index is 736. The number of alkyl halides is 3. The van der Waals surface area contributed by atoms with E-state index in [0.29, 0.717) is 32.3 Å². The lowest BCUT2D eigenvalue weighted by Gasteiger charge is -2.39. The predicted octanol–water partition coefficient (Wildman–Crippen LogP) is 6.53. The summed E-state index contributed by atoms with van der Waals surface area (Å²) in [4.78, 5) is 0. The van der Waals surface area contributed by atoms with E-state index in [1.54, 1.807) is 13.0 Å². The maximum Gasteiger partial charge on any atom is 0.534 e. The van der Waals surface area contributed by atoms with Gasteiger partial charge in [0, 0.05) is 17.9 Å². The van der Waals surface area contributed by atoms with Gasteiger partial charge in [-0.1, -0.05) is 39.8 Å². The average Bonchev–Trinajstić information content (AvgIpc) is 2.52. The van der Waals surface area contributed by atoms with Gasteiger partial charge in [0.1, 0.15) is 5.76 Å². The second-order valence-electron chi connectivity index (χ2n) is 9.62. The predicted molar refractivity (Wildman–Crippen MR) is 112 cm³/mol. The van der Waals surface area contributed by atoms with E-state index in [9.17, 15) is 21.6 Å². The summed E-state index contributed by atoms with van der Waals surface area (Å²) >= 11 is 0. The van der Waals surface area contributed by atoms with E-state index in [0.717, 1.165) is 5.57 Å². The third-order valence-electron chi connectivity index (χ3n) is 6.30. The van der Waals surface area contributed by atoms with E-state index >= 15 is 0 Å². The van der Waals surface area contributed by atoms with Gasteiger partial charge in [-0.05, 0) is 56.8 Å². The molecule has 1 aliphatic carbocycles. The highest BCUT2D eigenvalue weighted by Gasteiger charge is 2.50. The van der Waals surface area contributed by atoms with Crippen LogP contribution in [0.2, 0.25) is 18.1 Å². The molecule has 0 radical (unpaired) electrons. The summed E-state index contributed by atoms with van der Waals surface area (Å²) in [6.07, 6.45) is 4.06. The summed E-state index contributed by atoms with van der Waals surface area (Å²) in [5, 5.41) is 0.0895. The smallest absolute Gasteiger partial charge is 0.417 e. The molecule has 0 saturated heterocycles. The molecule has 0 unspecified atom stereocenters. The van der Waals surface area contributed by atoms with Crippen LogP contribution < -0.4 is 0 Å². The zero-order chi connectivity index (χ0) is 22.9. The number of hydrogen-bond donors (Lipinski definition) is 0. The van der Waals surface area contributed by atoms with Crippen molar-refractivity contribution in [2.24, 2.45) is 11.3 Å². The van der Waals surface area contributed by atoms with Crippen molar-refractivity contribution in [2.45, 2.75) is 83.9 Å². The minimum Gasteiger partial charge on any atom is -0.417 e. The van der Waals surface area contributed by atoms with E-state index in [-0.39, 0.29) is 10.8 Å². The van der Waals surface area contributed by atoms with Crippen LogP contribution in [0.1, 0.15) is 60.3 Å². The lowest BCUT2D eigenvalue weighted by molar-refractivity contribution is -0.0529. The van der Waals surface area contributed by atoms with Crippen molar-refractivity contribution in [3.63, 3.8) is 0 Å². The van der Waals surface area contributed by atoms with Crippen molar-refractivity contribution in [1.82, 2.24) is 0 Å². The van der Waals surface area contributed by atoms with Crippen LogP contribution in [-0.4, -0.2) is 28.9 Å². The molecule has 1 rings (SSSR count). The zero-order valence-corrected chi connectivity index (χ0v) is 20.4. The molecule has 9 heteroatoms. The maximum atomic E-state index is 12.8. The summed E-state index contributed by atoms with van der Waals surface area (Å²) < 4.78 is 71.9. The molecule has 4 nitrogen and oxygen atoms in total. The van der Waals surface area contributed by atoms with Gasteiger partial charge >= 0.3 is 15.6 Å². The molecule has 29 heavy (non-hydrogen) atoms. The minimum atomic E-state index is -5.68. The highest BCUT2D eigenvalue weighted by molar-refractivity contribution is 7.87. The van der Waals surface area contributed by atoms with Crippen LogP contribution in [0.5, 0.6) is 0 Å². The van der Waals surface area contributed by atoms with Crippen LogP contribution in [0, 0.1) is 11.3 Å². The van der Waals surface area contributed by atoms with Crippen LogP contribution in [-0.2, 0) is 18.7 Å². The lowest BCUT2D eigenvalue weighted by Crippen LogP contribution is -2.41. The Kier molecular flexibility index (Phi) is 7.91. The molecule has 0 aromatic rings. The molecule has 0 heterocycles. The molecule has 2 atom stereocenters. The highest BCUT2D eigenvalue weighted by atomic mass is 32.2. The Morgan fingerprint density at radius 1 is 1.31 bits per heavy atom. The molecule has 0 aliphatic heterocycles. The van der Waals surface area contributed by atoms with Gasteiger partial charge in [0.2, 0.25) is 0 Å². The molecule has 0 N–H and O–H groups in total. The van der Waals surface area contributed by atoms with Crippen LogP contribution in [0.15, 0.2) is 24.0 Å². The van der Waals surface area contributed by atoms with Crippen molar-refractivity contribution in [1.29, 1.82) is 0 Å². The molecule has 0 spiro atoms. The van der Waals surface area contributed by atoms with Crippen LogP contribution in [0.3, 0.4) is 0 Å². The Hall–Kier alpha value is -0.803. The number of hydrogen-bond acceptors (Lipinski definition) is 4. The highest BCUT2D eigenvalue weighted by Crippen LogP contribution is 2.46. The Morgan fingerprint density at radius 3 is 2.31 bits per heavy atom. The summed E-state index contributed by atoms with van der Waals surface area (Å²) in [5.41, 5.74) is -5.27. The summed E-state index contributed by atoms with van der Waals surface area (Å²) in [6, 6.07) is 0. The fraction of sp³-hybridized carbons (Fsp3) is 0.800. The van der Waals surface area contributed by atoms with Gasteiger partial charge in [0.15, 0.2) is 8.32 Å². The normalized spacial score (nSPS) is 24.2. The number of rotatable bonds is 8. The summed E-state index contributed by atoms with van der Waals surface area (Å²) in [7, 11) is -7.57. The van der Waals surface area contributed by atoms with Gasteiger partial charge in [0.25, 0.3) is 0 Å². The second-order valence-corrected chi connectivity index (χ2v) is 16.0. The largest absolute Gasteiger partial charge is 0.534 e. The minimum absolute atomic E-state index is 0.0895. The maximum absolute atomic E-state index is 12.8. The number of halogens is 3. The molecule has 0 aromatic heterocycles. The van der Waals surface area contributed by atoms with Crippen LogP contribution in [0.4, 0.5) is 13.2 Å². The van der Waals surface area contributed by atoms with Crippen LogP contribution >= 0.6 is 0 Å². The molecule has 170 valence electrons. The first-order valence-corrected chi connectivity index (χ1v) is 14.2. The van der Waals surface area contributed by atoms with Crippen molar-refractivity contribution < 1.29 is 30.2 Å². The quantitative estimate of drug-likeness (QED) is 0.137. The van der Waals surface area contributed by atoms with E-state index in [2.05, 4.69) is 44.6 Å². The first-order valence-electron chi connectivity index (χ1n) is 9.88. The third kappa shape index (κ3) is 6.34. The number of allylic oxidation sites excluding steroid dienone is 3. The molecule has 0 aromatic carbocycles. The van der Waals surface area contributed by atoms with Crippen molar-refractivity contribution >= 4 is 18.4 Å². The Labute approximate surface area is 174 Å². The standard InChI is InChI=1S/C20H35F3O4SSi/c1-15(2)19(11-9-13-26-29(7,8)18(4,5)6)12-10-16(3)17(14-19)27-28(24,25)20(21,22)23/h14,16H,1,9-13H2,2-8H3/t16-,19+/m1/s1. The Balaban J connectivity index is 2.99. The molecule has 0 fully saturated rings. The lowest BCUT2D eigenvalue weighted by atomic mass is 9.69. The van der Waals surface area contributed by atoms with Gasteiger partial charge < -0.3 is 8.61 Å². The van der Waals surface area contributed by atoms with Crippen molar-refractivity contribution in [2.75, 3.05) is 6.61 Å². The van der Waals surface area contributed by atoms with Crippen molar-refractivity contribution in [3.8, 4) is 0 Å². The monoisotopic (exact) mass is 456 g/mol. The topological polar surface area (TPSA) is 52.6 Å². The van der Waals surface area contributed by atoms with Gasteiger partial charge in [-0.3, -0.25) is 0 Å². The summed E-state index contributed by atoms with van der Waals surface area (Å²) in [6.45, 7) is 18.9. The van der Waals surface area contributed by atoms with Gasteiger partial charge in [0.05, 0.1) is 0 Å². The zero-order valence-electron chi connectivity index (χ0n) is 18.6. The van der Waals surface area contributed by atoms with E-state index < -0.39 is 35.3 Å². The first-order chi connectivity index (χ1) is 12.8. The van der Waals surface area contributed by atoms with Gasteiger partial charge in [-0.15, -0.1) is 0 Å². The summed E-state index contributed by atoms with van der Waals surface area (Å²) in [5.74, 6) is -0.565. The molecular formula is C20H35F3O4SSi. The van der Waals surface area contributed by atoms with E-state index in [4.69, 9.17) is 4.43 Å². The van der Waals surface area contributed by atoms with E-state index in [1.165, 1.54) is 0 Å². The first kappa shape index (κ1) is 26.2. The van der Waals surface area contributed by atoms with Gasteiger partial charge in [-0.25, -0.2) is 0 Å². The molecule has 1 aliphatic rings.